The lowest BCUT2D eigenvalue weighted by Crippen LogP contribution is -2.71. The van der Waals surface area contributed by atoms with Gasteiger partial charge in [-0.3, -0.25) is 19.3 Å². The van der Waals surface area contributed by atoms with Crippen LogP contribution in [0.4, 0.5) is 0 Å². The van der Waals surface area contributed by atoms with Crippen molar-refractivity contribution in [2.45, 2.75) is 38.1 Å². The van der Waals surface area contributed by atoms with E-state index in [1.807, 2.05) is 6.92 Å². The molecule has 2 heterocycles. The second kappa shape index (κ2) is 8.95. The van der Waals surface area contributed by atoms with Crippen molar-refractivity contribution in [1.29, 1.82) is 0 Å². The number of esters is 1. The minimum absolute atomic E-state index is 0.106. The molecule has 2 rings (SSSR count). The Morgan fingerprint density at radius 1 is 1.36 bits per heavy atom. The lowest BCUT2D eigenvalue weighted by molar-refractivity contribution is -0.150. The number of amides is 2. The highest BCUT2D eigenvalue weighted by Gasteiger charge is 2.54. The predicted molar refractivity (Wildman–Crippen MR) is 99.9 cm³/mol. The molecule has 0 unspecified atom stereocenters. The Morgan fingerprint density at radius 2 is 2.04 bits per heavy atom. The summed E-state index contributed by atoms with van der Waals surface area (Å²) in [6, 6.07) is -0.997. The maximum Gasteiger partial charge on any atom is 0.352 e. The van der Waals surface area contributed by atoms with E-state index in [0.717, 1.165) is 4.90 Å². The molecule has 156 valence electrons. The molecule has 12 heteroatoms. The standard InChI is InChI=1S/C16H22N2O8S2/c1-3-4-5-28(24,25)8-11(20)17-12-14(21)18-13(16(22)23)10(6-26-9(2)19)7-27-15(12)18/h12,15H,3-8H2,1-2H3,(H,17,20)(H,22,23)/t12-,15-/m1/s1. The van der Waals surface area contributed by atoms with Gasteiger partial charge in [0.2, 0.25) is 5.91 Å². The number of carbonyl (C=O) groups excluding carboxylic acids is 3. The fourth-order valence-electron chi connectivity index (χ4n) is 2.83. The third-order valence-electron chi connectivity index (χ3n) is 4.18. The van der Waals surface area contributed by atoms with Crippen LogP contribution < -0.4 is 5.32 Å². The Kier molecular flexibility index (Phi) is 7.10. The van der Waals surface area contributed by atoms with Crippen LogP contribution in [0.2, 0.25) is 0 Å². The van der Waals surface area contributed by atoms with Gasteiger partial charge in [0.15, 0.2) is 9.84 Å². The first-order valence-corrected chi connectivity index (χ1v) is 11.5. The summed E-state index contributed by atoms with van der Waals surface area (Å²) in [5.41, 5.74) is 0.0142. The van der Waals surface area contributed by atoms with Gasteiger partial charge in [0.25, 0.3) is 5.91 Å². The van der Waals surface area contributed by atoms with Crippen LogP contribution in [0.3, 0.4) is 0 Å². The van der Waals surface area contributed by atoms with Crippen LogP contribution in [0.25, 0.3) is 0 Å². The van der Waals surface area contributed by atoms with Crippen molar-refractivity contribution in [2.75, 3.05) is 23.9 Å². The van der Waals surface area contributed by atoms with E-state index < -0.39 is 50.8 Å². The highest BCUT2D eigenvalue weighted by atomic mass is 32.2. The number of rotatable bonds is 9. The fourth-order valence-corrected chi connectivity index (χ4v) is 5.52. The topological polar surface area (TPSA) is 147 Å². The number of carbonyl (C=O) groups is 4. The molecule has 2 amide bonds. The average Bonchev–Trinajstić information content (AvgIpc) is 2.61. The molecule has 2 aliphatic rings. The van der Waals surface area contributed by atoms with E-state index in [1.54, 1.807) is 0 Å². The van der Waals surface area contributed by atoms with Gasteiger partial charge in [0.05, 0.1) is 5.75 Å². The molecule has 0 aromatic carbocycles. The van der Waals surface area contributed by atoms with Gasteiger partial charge in [-0.25, -0.2) is 13.2 Å². The number of carboxylic acid groups (broad SMARTS) is 1. The van der Waals surface area contributed by atoms with E-state index in [1.165, 1.54) is 18.7 Å². The third-order valence-corrected chi connectivity index (χ3v) is 7.13. The lowest BCUT2D eigenvalue weighted by atomic mass is 10.0. The number of sulfone groups is 1. The van der Waals surface area contributed by atoms with Crippen LogP contribution in [0.1, 0.15) is 26.7 Å². The Balaban J connectivity index is 2.06. The minimum atomic E-state index is -3.56. The summed E-state index contributed by atoms with van der Waals surface area (Å²) >= 11 is 1.21. The van der Waals surface area contributed by atoms with Crippen LogP contribution >= 0.6 is 11.8 Å². The van der Waals surface area contributed by atoms with Crippen LogP contribution in [-0.4, -0.2) is 77.5 Å². The molecule has 2 aliphatic heterocycles. The van der Waals surface area contributed by atoms with Gasteiger partial charge in [-0.2, -0.15) is 0 Å². The van der Waals surface area contributed by atoms with E-state index in [-0.39, 0.29) is 29.4 Å². The molecule has 0 aromatic heterocycles. The molecular formula is C16H22N2O8S2. The number of ether oxygens (including phenoxy) is 1. The van der Waals surface area contributed by atoms with Crippen molar-refractivity contribution in [3.63, 3.8) is 0 Å². The van der Waals surface area contributed by atoms with Crippen molar-refractivity contribution < 1.29 is 37.4 Å². The van der Waals surface area contributed by atoms with Crippen LogP contribution in [0, 0.1) is 0 Å². The summed E-state index contributed by atoms with van der Waals surface area (Å²) in [5, 5.41) is 11.2. The molecule has 0 aliphatic carbocycles. The molecule has 0 spiro atoms. The number of hydrogen-bond acceptors (Lipinski definition) is 8. The van der Waals surface area contributed by atoms with E-state index in [4.69, 9.17) is 4.74 Å². The van der Waals surface area contributed by atoms with Gasteiger partial charge in [-0.1, -0.05) is 13.3 Å². The number of fused-ring (bicyclic) bond motifs is 1. The molecule has 0 saturated carbocycles. The molecule has 1 fully saturated rings. The third kappa shape index (κ3) is 5.04. The van der Waals surface area contributed by atoms with Crippen molar-refractivity contribution >= 4 is 45.4 Å². The van der Waals surface area contributed by atoms with Crippen molar-refractivity contribution in [2.24, 2.45) is 0 Å². The maximum absolute atomic E-state index is 12.4. The Morgan fingerprint density at radius 3 is 2.61 bits per heavy atom. The molecule has 28 heavy (non-hydrogen) atoms. The largest absolute Gasteiger partial charge is 0.477 e. The van der Waals surface area contributed by atoms with Gasteiger partial charge < -0.3 is 15.2 Å². The van der Waals surface area contributed by atoms with Crippen molar-refractivity contribution in [3.05, 3.63) is 11.3 Å². The van der Waals surface area contributed by atoms with E-state index in [0.29, 0.717) is 12.8 Å². The number of carboxylic acids is 1. The van der Waals surface area contributed by atoms with Crippen LogP contribution in [-0.2, 0) is 33.8 Å². The number of aliphatic carboxylic acids is 1. The highest BCUT2D eigenvalue weighted by molar-refractivity contribution is 8.00. The molecule has 0 radical (unpaired) electrons. The van der Waals surface area contributed by atoms with Gasteiger partial charge in [0, 0.05) is 18.2 Å². The van der Waals surface area contributed by atoms with E-state index in [2.05, 4.69) is 5.32 Å². The summed E-state index contributed by atoms with van der Waals surface area (Å²) in [4.78, 5) is 48.0. The smallest absolute Gasteiger partial charge is 0.352 e. The molecule has 2 N–H and O–H groups in total. The Bertz CT molecular complexity index is 821. The molecule has 0 bridgehead atoms. The minimum Gasteiger partial charge on any atom is -0.477 e. The fraction of sp³-hybridized carbons (Fsp3) is 0.625. The SMILES string of the molecule is CCCCS(=O)(=O)CC(=O)N[C@@H]1C(=O)N2C(C(=O)O)=C(COC(C)=O)CS[C@H]12. The zero-order valence-corrected chi connectivity index (χ0v) is 17.1. The van der Waals surface area contributed by atoms with E-state index >= 15 is 0 Å². The second-order valence-corrected chi connectivity index (χ2v) is 9.73. The van der Waals surface area contributed by atoms with Crippen molar-refractivity contribution in [1.82, 2.24) is 10.2 Å². The van der Waals surface area contributed by atoms with Crippen LogP contribution in [0.5, 0.6) is 0 Å². The number of thioether (sulfide) groups is 1. The molecule has 1 saturated heterocycles. The van der Waals surface area contributed by atoms with Gasteiger partial charge in [0.1, 0.15) is 29.5 Å². The molecule has 0 aromatic rings. The molecule has 10 nitrogen and oxygen atoms in total. The second-order valence-electron chi connectivity index (χ2n) is 6.44. The zero-order valence-electron chi connectivity index (χ0n) is 15.5. The average molecular weight is 434 g/mol. The van der Waals surface area contributed by atoms with E-state index in [9.17, 15) is 32.7 Å². The highest BCUT2D eigenvalue weighted by Crippen LogP contribution is 2.40. The summed E-state index contributed by atoms with van der Waals surface area (Å²) in [6.07, 6.45) is 1.12. The molecule has 2 atom stereocenters. The first-order valence-electron chi connectivity index (χ1n) is 8.60. The van der Waals surface area contributed by atoms with Gasteiger partial charge in [-0.15, -0.1) is 11.8 Å². The lowest BCUT2D eigenvalue weighted by Gasteiger charge is -2.49. The van der Waals surface area contributed by atoms with Crippen molar-refractivity contribution in [3.8, 4) is 0 Å². The summed E-state index contributed by atoms with van der Waals surface area (Å²) in [5.74, 6) is -3.97. The Labute approximate surface area is 166 Å². The first kappa shape index (κ1) is 22.2. The number of nitrogens with zero attached hydrogens (tertiary/aromatic N) is 1. The quantitative estimate of drug-likeness (QED) is 0.362. The number of β-lactam (4-membered cyclic amide) rings is 1. The van der Waals surface area contributed by atoms with Gasteiger partial charge in [-0.05, 0) is 6.42 Å². The zero-order chi connectivity index (χ0) is 21.1. The Hall–Kier alpha value is -2.08. The summed E-state index contributed by atoms with van der Waals surface area (Å²) in [7, 11) is -3.56. The number of hydrogen-bond donors (Lipinski definition) is 2. The first-order chi connectivity index (χ1) is 13.1. The van der Waals surface area contributed by atoms with Crippen LogP contribution in [0.15, 0.2) is 11.3 Å². The number of nitrogens with one attached hydrogen (secondary N) is 1. The maximum atomic E-state index is 12.4. The predicted octanol–water partition coefficient (Wildman–Crippen LogP) is -0.497. The molecular weight excluding hydrogens is 412 g/mol. The normalized spacial score (nSPS) is 21.6. The van der Waals surface area contributed by atoms with Gasteiger partial charge >= 0.3 is 11.9 Å². The summed E-state index contributed by atoms with van der Waals surface area (Å²) in [6.45, 7) is 2.78. The number of unbranched alkanes of at least 4 members (excludes halogenated alkanes) is 1. The summed E-state index contributed by atoms with van der Waals surface area (Å²) < 4.78 is 28.6. The monoisotopic (exact) mass is 434 g/mol.